The molecule has 0 spiro atoms. The summed E-state index contributed by atoms with van der Waals surface area (Å²) in [5.74, 6) is 1.75. The van der Waals surface area contributed by atoms with Gasteiger partial charge in [-0.1, -0.05) is 0 Å². The van der Waals surface area contributed by atoms with Gasteiger partial charge in [0.1, 0.15) is 11.5 Å². The van der Waals surface area contributed by atoms with Gasteiger partial charge in [0.15, 0.2) is 5.11 Å². The zero-order valence-electron chi connectivity index (χ0n) is 16.0. The molecule has 2 rings (SSSR count). The van der Waals surface area contributed by atoms with Gasteiger partial charge in [-0.25, -0.2) is 0 Å². The Labute approximate surface area is 161 Å². The van der Waals surface area contributed by atoms with Crippen molar-refractivity contribution in [3.05, 3.63) is 48.4 Å². The average molecular weight is 377 g/mol. The Morgan fingerprint density at radius 1 is 1.19 bits per heavy atom. The predicted molar refractivity (Wildman–Crippen MR) is 110 cm³/mol. The van der Waals surface area contributed by atoms with Crippen molar-refractivity contribution in [1.29, 1.82) is 0 Å². The number of nitrogens with one attached hydrogen (secondary N) is 2. The Balaban J connectivity index is 1.97. The smallest absolute Gasteiger partial charge is 0.173 e. The lowest BCUT2D eigenvalue weighted by Gasteiger charge is -2.26. The van der Waals surface area contributed by atoms with Crippen LogP contribution >= 0.6 is 12.2 Å². The number of ether oxygens (including phenoxy) is 1. The van der Waals surface area contributed by atoms with Gasteiger partial charge in [-0.05, 0) is 62.5 Å². The molecule has 0 saturated heterocycles. The van der Waals surface area contributed by atoms with Crippen LogP contribution in [0, 0.1) is 0 Å². The number of rotatable bonds is 10. The maximum atomic E-state index is 5.66. The van der Waals surface area contributed by atoms with Crippen molar-refractivity contribution in [2.75, 3.05) is 38.6 Å². The van der Waals surface area contributed by atoms with E-state index in [9.17, 15) is 0 Å². The van der Waals surface area contributed by atoms with E-state index in [1.807, 2.05) is 36.4 Å². The monoisotopic (exact) mass is 376 g/mol. The molecule has 0 atom stereocenters. The molecule has 0 bridgehead atoms. The second-order valence-corrected chi connectivity index (χ2v) is 6.61. The van der Waals surface area contributed by atoms with Gasteiger partial charge in [-0.15, -0.1) is 0 Å². The molecule has 0 amide bonds. The van der Waals surface area contributed by atoms with Crippen molar-refractivity contribution in [3.8, 4) is 5.75 Å². The van der Waals surface area contributed by atoms with Crippen molar-refractivity contribution in [3.63, 3.8) is 0 Å². The van der Waals surface area contributed by atoms with Gasteiger partial charge in [-0.3, -0.25) is 0 Å². The molecule has 6 heteroatoms. The average Bonchev–Trinajstić information content (AvgIpc) is 3.18. The molecule has 0 unspecified atom stereocenters. The quantitative estimate of drug-likeness (QED) is 0.624. The molecule has 5 nitrogen and oxygen atoms in total. The van der Waals surface area contributed by atoms with Crippen LogP contribution in [0.1, 0.15) is 26.0 Å². The number of furan rings is 1. The lowest BCUT2D eigenvalue weighted by Crippen LogP contribution is -3.11. The van der Waals surface area contributed by atoms with Gasteiger partial charge in [0.2, 0.25) is 0 Å². The molecule has 0 saturated carbocycles. The van der Waals surface area contributed by atoms with Crippen LogP contribution in [0.15, 0.2) is 47.1 Å². The summed E-state index contributed by atoms with van der Waals surface area (Å²) in [5, 5.41) is 4.03. The fourth-order valence-corrected chi connectivity index (χ4v) is 3.12. The first-order valence-corrected chi connectivity index (χ1v) is 9.63. The summed E-state index contributed by atoms with van der Waals surface area (Å²) in [5.41, 5.74) is 0.953. The molecule has 0 aliphatic heterocycles. The maximum absolute atomic E-state index is 5.66. The van der Waals surface area contributed by atoms with E-state index >= 15 is 0 Å². The number of hydrogen-bond donors (Lipinski definition) is 2. The van der Waals surface area contributed by atoms with Crippen LogP contribution in [0.3, 0.4) is 0 Å². The number of methoxy groups -OCH3 is 1. The topological polar surface area (TPSA) is 42.1 Å². The molecule has 0 aliphatic rings. The first-order valence-electron chi connectivity index (χ1n) is 9.22. The fraction of sp³-hybridized carbons (Fsp3) is 0.450. The summed E-state index contributed by atoms with van der Waals surface area (Å²) in [6.07, 6.45) is 2.79. The van der Waals surface area contributed by atoms with Gasteiger partial charge in [0.05, 0.1) is 39.6 Å². The minimum atomic E-state index is 0.669. The van der Waals surface area contributed by atoms with Gasteiger partial charge in [0.25, 0.3) is 0 Å². The van der Waals surface area contributed by atoms with Crippen LogP contribution in [-0.2, 0) is 6.54 Å². The van der Waals surface area contributed by atoms with Crippen molar-refractivity contribution in [2.24, 2.45) is 0 Å². The Morgan fingerprint density at radius 3 is 2.50 bits per heavy atom. The molecule has 2 N–H and O–H groups in total. The van der Waals surface area contributed by atoms with E-state index in [2.05, 4.69) is 24.1 Å². The van der Waals surface area contributed by atoms with Crippen LogP contribution in [-0.4, -0.2) is 43.3 Å². The molecule has 26 heavy (non-hydrogen) atoms. The minimum absolute atomic E-state index is 0.669. The first kappa shape index (κ1) is 20.3. The predicted octanol–water partition coefficient (Wildman–Crippen LogP) is 2.80. The molecule has 2 aromatic rings. The summed E-state index contributed by atoms with van der Waals surface area (Å²) < 4.78 is 10.7. The maximum Gasteiger partial charge on any atom is 0.173 e. The second-order valence-electron chi connectivity index (χ2n) is 6.22. The summed E-state index contributed by atoms with van der Waals surface area (Å²) in [7, 11) is 1.66. The number of thiocarbonyl (C=S) groups is 1. The first-order chi connectivity index (χ1) is 12.7. The number of quaternary nitrogens is 1. The van der Waals surface area contributed by atoms with E-state index in [4.69, 9.17) is 21.4 Å². The lowest BCUT2D eigenvalue weighted by molar-refractivity contribution is -0.896. The van der Waals surface area contributed by atoms with E-state index in [-0.39, 0.29) is 0 Å². The molecule has 142 valence electrons. The van der Waals surface area contributed by atoms with Crippen LogP contribution < -0.4 is 15.0 Å². The summed E-state index contributed by atoms with van der Waals surface area (Å²) in [6.45, 7) is 9.48. The standard InChI is InChI=1S/C20H29N3O2S/c1-4-22(5-2)13-7-14-23(16-19-8-6-15-25-19)20(26)21-17-9-11-18(24-3)12-10-17/h6,8-12,15H,4-5,7,13-14,16H2,1-3H3,(H,21,26)/p+1. The second kappa shape index (κ2) is 10.8. The Kier molecular flexibility index (Phi) is 8.44. The lowest BCUT2D eigenvalue weighted by atomic mass is 10.3. The summed E-state index contributed by atoms with van der Waals surface area (Å²) >= 11 is 5.66. The third-order valence-corrected chi connectivity index (χ3v) is 4.87. The van der Waals surface area contributed by atoms with E-state index < -0.39 is 0 Å². The Morgan fingerprint density at radius 2 is 1.92 bits per heavy atom. The fourth-order valence-electron chi connectivity index (χ4n) is 2.84. The number of hydrogen-bond acceptors (Lipinski definition) is 3. The van der Waals surface area contributed by atoms with Gasteiger partial charge in [0, 0.05) is 18.7 Å². The van der Waals surface area contributed by atoms with E-state index in [1.54, 1.807) is 18.3 Å². The highest BCUT2D eigenvalue weighted by Gasteiger charge is 2.13. The van der Waals surface area contributed by atoms with Gasteiger partial charge in [-0.2, -0.15) is 0 Å². The molecule has 1 heterocycles. The SMILES string of the molecule is CC[NH+](CC)CCCN(Cc1ccco1)C(=S)Nc1ccc(OC)cc1. The van der Waals surface area contributed by atoms with E-state index in [0.717, 1.165) is 49.8 Å². The molecular formula is C20H30N3O2S+. The third kappa shape index (κ3) is 6.35. The van der Waals surface area contributed by atoms with Gasteiger partial charge < -0.3 is 24.3 Å². The van der Waals surface area contributed by atoms with Crippen LogP contribution in [0.5, 0.6) is 5.75 Å². The number of benzene rings is 1. The van der Waals surface area contributed by atoms with Crippen molar-refractivity contribution in [2.45, 2.75) is 26.8 Å². The number of nitrogens with zero attached hydrogens (tertiary/aromatic N) is 1. The Bertz CT molecular complexity index is 640. The zero-order chi connectivity index (χ0) is 18.8. The minimum Gasteiger partial charge on any atom is -0.497 e. The molecule has 0 aliphatic carbocycles. The van der Waals surface area contributed by atoms with E-state index in [0.29, 0.717) is 11.7 Å². The highest BCUT2D eigenvalue weighted by Crippen LogP contribution is 2.16. The van der Waals surface area contributed by atoms with Crippen LogP contribution in [0.4, 0.5) is 5.69 Å². The third-order valence-electron chi connectivity index (χ3n) is 4.51. The highest BCUT2D eigenvalue weighted by molar-refractivity contribution is 7.80. The molecule has 0 radical (unpaired) electrons. The van der Waals surface area contributed by atoms with Crippen molar-refractivity contribution < 1.29 is 14.1 Å². The molecule has 0 fully saturated rings. The van der Waals surface area contributed by atoms with Crippen molar-refractivity contribution in [1.82, 2.24) is 4.90 Å². The Hall–Kier alpha value is -2.05. The summed E-state index contributed by atoms with van der Waals surface area (Å²) in [4.78, 5) is 3.78. The van der Waals surface area contributed by atoms with E-state index in [1.165, 1.54) is 0 Å². The van der Waals surface area contributed by atoms with Crippen LogP contribution in [0.25, 0.3) is 0 Å². The highest BCUT2D eigenvalue weighted by atomic mass is 32.1. The molecule has 1 aromatic heterocycles. The zero-order valence-corrected chi connectivity index (χ0v) is 16.8. The largest absolute Gasteiger partial charge is 0.497 e. The molecular weight excluding hydrogens is 346 g/mol. The molecule has 1 aromatic carbocycles. The van der Waals surface area contributed by atoms with Crippen LogP contribution in [0.2, 0.25) is 0 Å². The summed E-state index contributed by atoms with van der Waals surface area (Å²) in [6, 6.07) is 11.7. The van der Waals surface area contributed by atoms with Crippen molar-refractivity contribution >= 4 is 23.0 Å². The normalized spacial score (nSPS) is 10.8. The number of anilines is 1. The van der Waals surface area contributed by atoms with Gasteiger partial charge >= 0.3 is 0 Å².